The zero-order valence-electron chi connectivity index (χ0n) is 10.9. The monoisotopic (exact) mass is 233 g/mol. The van der Waals surface area contributed by atoms with E-state index in [9.17, 15) is 5.11 Å². The summed E-state index contributed by atoms with van der Waals surface area (Å²) in [5, 5.41) is 9.60. The predicted octanol–water partition coefficient (Wildman–Crippen LogP) is 3.23. The van der Waals surface area contributed by atoms with Crippen LogP contribution in [-0.2, 0) is 0 Å². The average Bonchev–Trinajstić information content (AvgIpc) is 2.29. The molecule has 0 amide bonds. The fourth-order valence-electron chi connectivity index (χ4n) is 3.09. The molecule has 0 heterocycles. The minimum absolute atomic E-state index is 0.400. The molecule has 0 aromatic heterocycles. The molecule has 1 unspecified atom stereocenters. The van der Waals surface area contributed by atoms with Gasteiger partial charge in [-0.3, -0.25) is 0 Å². The quantitative estimate of drug-likeness (QED) is 0.866. The summed E-state index contributed by atoms with van der Waals surface area (Å²) in [7, 11) is 4.29. The molecular formula is C15H23NO. The highest BCUT2D eigenvalue weighted by atomic mass is 16.3. The van der Waals surface area contributed by atoms with Gasteiger partial charge in [0.05, 0.1) is 0 Å². The molecule has 1 aromatic rings. The van der Waals surface area contributed by atoms with Crippen LogP contribution in [0.25, 0.3) is 0 Å². The van der Waals surface area contributed by atoms with E-state index in [0.717, 1.165) is 12.5 Å². The molecule has 2 nitrogen and oxygen atoms in total. The number of aromatic hydroxyl groups is 1. The van der Waals surface area contributed by atoms with Crippen molar-refractivity contribution < 1.29 is 5.11 Å². The summed E-state index contributed by atoms with van der Waals surface area (Å²) in [6, 6.07) is 7.83. The van der Waals surface area contributed by atoms with E-state index in [2.05, 4.69) is 25.1 Å². The zero-order chi connectivity index (χ0) is 12.3. The normalized spacial score (nSPS) is 25.1. The van der Waals surface area contributed by atoms with Crippen molar-refractivity contribution in [2.24, 2.45) is 5.92 Å². The second-order valence-corrected chi connectivity index (χ2v) is 5.51. The Morgan fingerprint density at radius 1 is 1.24 bits per heavy atom. The van der Waals surface area contributed by atoms with E-state index in [1.807, 2.05) is 12.1 Å². The molecule has 17 heavy (non-hydrogen) atoms. The number of hydrogen-bond acceptors (Lipinski definition) is 2. The van der Waals surface area contributed by atoms with Crippen LogP contribution >= 0.6 is 0 Å². The molecule has 0 spiro atoms. The van der Waals surface area contributed by atoms with Crippen LogP contribution in [0.4, 0.5) is 0 Å². The van der Waals surface area contributed by atoms with Gasteiger partial charge in [0.1, 0.15) is 5.75 Å². The summed E-state index contributed by atoms with van der Waals surface area (Å²) in [6.45, 7) is 1.15. The van der Waals surface area contributed by atoms with Crippen molar-refractivity contribution in [2.45, 2.75) is 31.6 Å². The standard InChI is InChI=1S/C15H23NO/c1-16(2)11-13-6-3-4-9-15(13)12-7-5-8-14(17)10-12/h5,7-8,10,13,15,17H,3-4,6,9,11H2,1-2H3/t13?,15-/m1/s1. The largest absolute Gasteiger partial charge is 0.508 e. The second-order valence-electron chi connectivity index (χ2n) is 5.51. The molecule has 1 fully saturated rings. The van der Waals surface area contributed by atoms with E-state index >= 15 is 0 Å². The molecule has 2 atom stereocenters. The Balaban J connectivity index is 2.15. The Kier molecular flexibility index (Phi) is 4.06. The van der Waals surface area contributed by atoms with Crippen LogP contribution in [0.3, 0.4) is 0 Å². The highest BCUT2D eigenvalue weighted by Crippen LogP contribution is 2.38. The Bertz CT molecular complexity index is 362. The van der Waals surface area contributed by atoms with Crippen molar-refractivity contribution in [1.29, 1.82) is 0 Å². The van der Waals surface area contributed by atoms with Gasteiger partial charge in [0, 0.05) is 6.54 Å². The Labute approximate surface area is 104 Å². The first-order chi connectivity index (χ1) is 8.16. The van der Waals surface area contributed by atoms with Gasteiger partial charge in [-0.05, 0) is 56.5 Å². The molecule has 0 aliphatic heterocycles. The lowest BCUT2D eigenvalue weighted by molar-refractivity contribution is 0.233. The van der Waals surface area contributed by atoms with Gasteiger partial charge in [-0.2, -0.15) is 0 Å². The number of hydrogen-bond donors (Lipinski definition) is 1. The fourth-order valence-corrected chi connectivity index (χ4v) is 3.09. The first-order valence-electron chi connectivity index (χ1n) is 6.60. The van der Waals surface area contributed by atoms with Crippen LogP contribution in [0.5, 0.6) is 5.75 Å². The molecule has 1 aliphatic carbocycles. The summed E-state index contributed by atoms with van der Waals surface area (Å²) < 4.78 is 0. The Morgan fingerprint density at radius 2 is 2.00 bits per heavy atom. The van der Waals surface area contributed by atoms with E-state index in [0.29, 0.717) is 11.7 Å². The Hall–Kier alpha value is -1.02. The van der Waals surface area contributed by atoms with E-state index < -0.39 is 0 Å². The van der Waals surface area contributed by atoms with Gasteiger partial charge in [-0.25, -0.2) is 0 Å². The molecule has 0 saturated heterocycles. The maximum absolute atomic E-state index is 9.60. The number of nitrogens with zero attached hydrogens (tertiary/aromatic N) is 1. The van der Waals surface area contributed by atoms with Gasteiger partial charge < -0.3 is 10.0 Å². The lowest BCUT2D eigenvalue weighted by atomic mass is 9.75. The lowest BCUT2D eigenvalue weighted by Gasteiger charge is -2.33. The van der Waals surface area contributed by atoms with Crippen LogP contribution in [0, 0.1) is 5.92 Å². The Morgan fingerprint density at radius 3 is 2.71 bits per heavy atom. The van der Waals surface area contributed by atoms with Crippen molar-refractivity contribution >= 4 is 0 Å². The van der Waals surface area contributed by atoms with E-state index in [4.69, 9.17) is 0 Å². The maximum Gasteiger partial charge on any atom is 0.115 e. The molecule has 1 aliphatic rings. The van der Waals surface area contributed by atoms with Crippen molar-refractivity contribution in [3.63, 3.8) is 0 Å². The molecule has 0 bridgehead atoms. The minimum atomic E-state index is 0.400. The second kappa shape index (κ2) is 5.54. The molecular weight excluding hydrogens is 210 g/mol. The number of phenolic OH excluding ortho intramolecular Hbond substituents is 1. The topological polar surface area (TPSA) is 23.5 Å². The first kappa shape index (κ1) is 12.4. The first-order valence-corrected chi connectivity index (χ1v) is 6.60. The summed E-state index contributed by atoms with van der Waals surface area (Å²) in [5.74, 6) is 1.76. The number of rotatable bonds is 3. The predicted molar refractivity (Wildman–Crippen MR) is 71.4 cm³/mol. The van der Waals surface area contributed by atoms with Gasteiger partial charge >= 0.3 is 0 Å². The smallest absolute Gasteiger partial charge is 0.115 e. The average molecular weight is 233 g/mol. The third-order valence-corrected chi connectivity index (χ3v) is 3.81. The molecule has 2 rings (SSSR count). The van der Waals surface area contributed by atoms with Gasteiger partial charge in [0.25, 0.3) is 0 Å². The molecule has 1 aromatic carbocycles. The van der Waals surface area contributed by atoms with Gasteiger partial charge in [0.15, 0.2) is 0 Å². The summed E-state index contributed by atoms with van der Waals surface area (Å²) >= 11 is 0. The highest BCUT2D eigenvalue weighted by molar-refractivity contribution is 5.30. The molecule has 1 saturated carbocycles. The molecule has 0 radical (unpaired) electrons. The van der Waals surface area contributed by atoms with Gasteiger partial charge in [-0.15, -0.1) is 0 Å². The number of phenols is 1. The minimum Gasteiger partial charge on any atom is -0.508 e. The van der Waals surface area contributed by atoms with Gasteiger partial charge in [0.2, 0.25) is 0 Å². The van der Waals surface area contributed by atoms with Crippen LogP contribution in [0.2, 0.25) is 0 Å². The molecule has 94 valence electrons. The highest BCUT2D eigenvalue weighted by Gasteiger charge is 2.26. The van der Waals surface area contributed by atoms with E-state index in [1.54, 1.807) is 6.07 Å². The van der Waals surface area contributed by atoms with Gasteiger partial charge in [-0.1, -0.05) is 25.0 Å². The zero-order valence-corrected chi connectivity index (χ0v) is 10.9. The van der Waals surface area contributed by atoms with Crippen molar-refractivity contribution in [2.75, 3.05) is 20.6 Å². The number of benzene rings is 1. The summed E-state index contributed by atoms with van der Waals surface area (Å²) in [6.07, 6.45) is 5.26. The van der Waals surface area contributed by atoms with Crippen molar-refractivity contribution in [3.8, 4) is 5.75 Å². The van der Waals surface area contributed by atoms with E-state index in [-0.39, 0.29) is 0 Å². The van der Waals surface area contributed by atoms with Crippen molar-refractivity contribution in [3.05, 3.63) is 29.8 Å². The maximum atomic E-state index is 9.60. The summed E-state index contributed by atoms with van der Waals surface area (Å²) in [4.78, 5) is 2.28. The molecule has 2 heteroatoms. The third-order valence-electron chi connectivity index (χ3n) is 3.81. The third kappa shape index (κ3) is 3.22. The molecule has 1 N–H and O–H groups in total. The van der Waals surface area contributed by atoms with Crippen LogP contribution in [0.1, 0.15) is 37.2 Å². The van der Waals surface area contributed by atoms with E-state index in [1.165, 1.54) is 31.2 Å². The fraction of sp³-hybridized carbons (Fsp3) is 0.600. The van der Waals surface area contributed by atoms with Crippen LogP contribution < -0.4 is 0 Å². The van der Waals surface area contributed by atoms with Crippen molar-refractivity contribution in [1.82, 2.24) is 4.90 Å². The summed E-state index contributed by atoms with van der Waals surface area (Å²) in [5.41, 5.74) is 1.32. The van der Waals surface area contributed by atoms with Crippen LogP contribution in [0.15, 0.2) is 24.3 Å². The lowest BCUT2D eigenvalue weighted by Crippen LogP contribution is -2.28. The SMILES string of the molecule is CN(C)CC1CCCC[C@@H]1c1cccc(O)c1. The van der Waals surface area contributed by atoms with Crippen LogP contribution in [-0.4, -0.2) is 30.6 Å².